The van der Waals surface area contributed by atoms with Gasteiger partial charge in [-0.1, -0.05) is 25.7 Å². The maximum Gasteiger partial charge on any atom is 0.0669 e. The molecule has 106 valence electrons. The van der Waals surface area contributed by atoms with E-state index < -0.39 is 0 Å². The molecule has 0 aromatic heterocycles. The predicted octanol–water partition coefficient (Wildman–Crippen LogP) is 1.95. The van der Waals surface area contributed by atoms with Crippen molar-refractivity contribution in [3.8, 4) is 0 Å². The Bertz CT molecular complexity index is 241. The van der Waals surface area contributed by atoms with Gasteiger partial charge in [0.05, 0.1) is 6.10 Å². The standard InChI is InChI=1S/C15H30N2O/c1-13-11-16(2)8-5-9-17(13)12-15(18)10-14-6-3-4-7-14/h13-15,18H,3-12H2,1-2H3. The van der Waals surface area contributed by atoms with Gasteiger partial charge in [-0.25, -0.2) is 0 Å². The second kappa shape index (κ2) is 6.88. The molecule has 1 aliphatic carbocycles. The van der Waals surface area contributed by atoms with Crippen molar-refractivity contribution in [3.05, 3.63) is 0 Å². The fraction of sp³-hybridized carbons (Fsp3) is 1.00. The highest BCUT2D eigenvalue weighted by atomic mass is 16.3. The Morgan fingerprint density at radius 2 is 1.89 bits per heavy atom. The zero-order chi connectivity index (χ0) is 13.0. The lowest BCUT2D eigenvalue weighted by Gasteiger charge is -2.30. The zero-order valence-electron chi connectivity index (χ0n) is 12.1. The van der Waals surface area contributed by atoms with Crippen LogP contribution < -0.4 is 0 Å². The van der Waals surface area contributed by atoms with Gasteiger partial charge in [0.25, 0.3) is 0 Å². The van der Waals surface area contributed by atoms with Gasteiger partial charge >= 0.3 is 0 Å². The second-order valence-electron chi connectivity index (χ2n) is 6.50. The van der Waals surface area contributed by atoms with Crippen molar-refractivity contribution in [3.63, 3.8) is 0 Å². The van der Waals surface area contributed by atoms with E-state index in [4.69, 9.17) is 0 Å². The second-order valence-corrected chi connectivity index (χ2v) is 6.50. The van der Waals surface area contributed by atoms with Crippen molar-refractivity contribution in [2.45, 2.75) is 57.6 Å². The first-order valence-corrected chi connectivity index (χ1v) is 7.76. The number of β-amino-alcohol motifs (C(OH)–C–C–N with tert-alkyl or cyclic N) is 1. The van der Waals surface area contributed by atoms with E-state index in [0.29, 0.717) is 6.04 Å². The largest absolute Gasteiger partial charge is 0.392 e. The summed E-state index contributed by atoms with van der Waals surface area (Å²) < 4.78 is 0. The van der Waals surface area contributed by atoms with Crippen molar-refractivity contribution in [2.24, 2.45) is 5.92 Å². The van der Waals surface area contributed by atoms with Crippen LogP contribution in [0.1, 0.15) is 45.4 Å². The summed E-state index contributed by atoms with van der Waals surface area (Å²) >= 11 is 0. The molecule has 2 unspecified atom stereocenters. The fourth-order valence-electron chi connectivity index (χ4n) is 3.67. The Balaban J connectivity index is 1.76. The Labute approximate surface area is 112 Å². The van der Waals surface area contributed by atoms with Gasteiger partial charge in [0.2, 0.25) is 0 Å². The molecule has 0 radical (unpaired) electrons. The number of aliphatic hydroxyl groups is 1. The molecule has 2 fully saturated rings. The van der Waals surface area contributed by atoms with Crippen molar-refractivity contribution < 1.29 is 5.11 Å². The summed E-state index contributed by atoms with van der Waals surface area (Å²) in [5.74, 6) is 0.796. The van der Waals surface area contributed by atoms with E-state index in [1.165, 1.54) is 38.6 Å². The highest BCUT2D eigenvalue weighted by molar-refractivity contribution is 4.79. The molecule has 0 aromatic rings. The van der Waals surface area contributed by atoms with Crippen molar-refractivity contribution in [2.75, 3.05) is 33.2 Å². The predicted molar refractivity (Wildman–Crippen MR) is 75.7 cm³/mol. The molecule has 1 N–H and O–H groups in total. The minimum atomic E-state index is -0.112. The molecule has 0 aromatic carbocycles. The first-order valence-electron chi connectivity index (χ1n) is 7.76. The van der Waals surface area contributed by atoms with Crippen LogP contribution in [0.15, 0.2) is 0 Å². The van der Waals surface area contributed by atoms with Gasteiger partial charge in [-0.15, -0.1) is 0 Å². The highest BCUT2D eigenvalue weighted by Gasteiger charge is 2.24. The number of nitrogens with zero attached hydrogens (tertiary/aromatic N) is 2. The molecule has 1 heterocycles. The molecular formula is C15H30N2O. The van der Waals surface area contributed by atoms with Gasteiger partial charge in [-0.2, -0.15) is 0 Å². The molecule has 3 nitrogen and oxygen atoms in total. The molecule has 2 rings (SSSR count). The smallest absolute Gasteiger partial charge is 0.0669 e. The quantitative estimate of drug-likeness (QED) is 0.831. The van der Waals surface area contributed by atoms with E-state index in [0.717, 1.165) is 32.0 Å². The van der Waals surface area contributed by atoms with Crippen LogP contribution in [0, 0.1) is 5.92 Å². The third-order valence-electron chi connectivity index (χ3n) is 4.71. The maximum absolute atomic E-state index is 10.3. The Kier molecular flexibility index (Phi) is 5.46. The lowest BCUT2D eigenvalue weighted by atomic mass is 9.99. The lowest BCUT2D eigenvalue weighted by molar-refractivity contribution is 0.0746. The highest BCUT2D eigenvalue weighted by Crippen LogP contribution is 2.28. The Morgan fingerprint density at radius 1 is 1.17 bits per heavy atom. The van der Waals surface area contributed by atoms with Crippen LogP contribution in [-0.2, 0) is 0 Å². The summed E-state index contributed by atoms with van der Waals surface area (Å²) in [5, 5.41) is 10.3. The third kappa shape index (κ3) is 4.22. The number of likely N-dealkylation sites (N-methyl/N-ethyl adjacent to an activating group) is 1. The summed E-state index contributed by atoms with van der Waals surface area (Å²) in [5.41, 5.74) is 0. The number of aliphatic hydroxyl groups excluding tert-OH is 1. The first kappa shape index (κ1) is 14.3. The molecule has 0 bridgehead atoms. The fourth-order valence-corrected chi connectivity index (χ4v) is 3.67. The minimum absolute atomic E-state index is 0.112. The normalized spacial score (nSPS) is 30.5. The van der Waals surface area contributed by atoms with Gasteiger partial charge in [0.1, 0.15) is 0 Å². The van der Waals surface area contributed by atoms with Crippen LogP contribution >= 0.6 is 0 Å². The molecule has 1 saturated carbocycles. The summed E-state index contributed by atoms with van der Waals surface area (Å²) in [6, 6.07) is 0.579. The van der Waals surface area contributed by atoms with Gasteiger partial charge in [-0.3, -0.25) is 4.90 Å². The van der Waals surface area contributed by atoms with E-state index in [9.17, 15) is 5.11 Å². The van der Waals surface area contributed by atoms with E-state index in [1.807, 2.05) is 0 Å². The van der Waals surface area contributed by atoms with Crippen LogP contribution in [0.2, 0.25) is 0 Å². The molecule has 2 atom stereocenters. The van der Waals surface area contributed by atoms with E-state index in [1.54, 1.807) is 0 Å². The van der Waals surface area contributed by atoms with Crippen LogP contribution in [-0.4, -0.2) is 60.3 Å². The van der Waals surface area contributed by atoms with Gasteiger partial charge in [0, 0.05) is 19.1 Å². The van der Waals surface area contributed by atoms with E-state index >= 15 is 0 Å². The van der Waals surface area contributed by atoms with Crippen LogP contribution in [0.5, 0.6) is 0 Å². The SMILES string of the molecule is CC1CN(C)CCCN1CC(O)CC1CCCC1. The Morgan fingerprint density at radius 3 is 2.61 bits per heavy atom. The van der Waals surface area contributed by atoms with Gasteiger partial charge in [-0.05, 0) is 45.8 Å². The molecule has 0 amide bonds. The van der Waals surface area contributed by atoms with E-state index in [-0.39, 0.29) is 6.10 Å². The van der Waals surface area contributed by atoms with Crippen LogP contribution in [0.3, 0.4) is 0 Å². The maximum atomic E-state index is 10.3. The monoisotopic (exact) mass is 254 g/mol. The molecule has 1 aliphatic heterocycles. The van der Waals surface area contributed by atoms with Crippen molar-refractivity contribution >= 4 is 0 Å². The van der Waals surface area contributed by atoms with Crippen molar-refractivity contribution in [1.29, 1.82) is 0 Å². The number of rotatable bonds is 4. The molecule has 18 heavy (non-hydrogen) atoms. The topological polar surface area (TPSA) is 26.7 Å². The molecule has 1 saturated heterocycles. The number of hydrogen-bond acceptors (Lipinski definition) is 3. The summed E-state index contributed by atoms with van der Waals surface area (Å²) in [7, 11) is 2.20. The Hall–Kier alpha value is -0.120. The third-order valence-corrected chi connectivity index (χ3v) is 4.71. The molecule has 3 heteroatoms. The lowest BCUT2D eigenvalue weighted by Crippen LogP contribution is -2.42. The summed E-state index contributed by atoms with van der Waals surface area (Å²) in [4.78, 5) is 4.90. The van der Waals surface area contributed by atoms with Gasteiger partial charge < -0.3 is 10.0 Å². The number of hydrogen-bond donors (Lipinski definition) is 1. The van der Waals surface area contributed by atoms with E-state index in [2.05, 4.69) is 23.8 Å². The van der Waals surface area contributed by atoms with Gasteiger partial charge in [0.15, 0.2) is 0 Å². The van der Waals surface area contributed by atoms with Crippen LogP contribution in [0.4, 0.5) is 0 Å². The molecule has 0 spiro atoms. The average Bonchev–Trinajstić information content (AvgIpc) is 2.74. The molecule has 2 aliphatic rings. The average molecular weight is 254 g/mol. The summed E-state index contributed by atoms with van der Waals surface area (Å²) in [6.45, 7) is 6.65. The molecular weight excluding hydrogens is 224 g/mol. The zero-order valence-corrected chi connectivity index (χ0v) is 12.1. The van der Waals surface area contributed by atoms with Crippen molar-refractivity contribution in [1.82, 2.24) is 9.80 Å². The summed E-state index contributed by atoms with van der Waals surface area (Å²) in [6.07, 6.45) is 7.59. The van der Waals surface area contributed by atoms with Crippen LogP contribution in [0.25, 0.3) is 0 Å². The minimum Gasteiger partial charge on any atom is -0.392 e. The first-order chi connectivity index (χ1) is 8.65.